The third-order valence-corrected chi connectivity index (χ3v) is 5.45. The van der Waals surface area contributed by atoms with Crippen LogP contribution >= 0.6 is 0 Å². The Hall–Kier alpha value is -4.27. The molecule has 2 aromatic heterocycles. The normalized spacial score (nSPS) is 14.2. The van der Waals surface area contributed by atoms with Crippen molar-refractivity contribution < 1.29 is 19.1 Å². The SMILES string of the molecule is COC(=O)C1=C(C)NC(C)=C(C(=O)OC)C1c1cn(-c2ccccc2)nc1-c1cnccn1. The molecule has 168 valence electrons. The number of carbonyl (C=O) groups is 2. The maximum atomic E-state index is 12.9. The summed E-state index contributed by atoms with van der Waals surface area (Å²) < 4.78 is 11.8. The zero-order valence-corrected chi connectivity index (χ0v) is 18.7. The maximum absolute atomic E-state index is 12.9. The van der Waals surface area contributed by atoms with Gasteiger partial charge in [-0.3, -0.25) is 9.97 Å². The molecule has 3 aromatic rings. The van der Waals surface area contributed by atoms with E-state index in [2.05, 4.69) is 15.3 Å². The summed E-state index contributed by atoms with van der Waals surface area (Å²) in [6, 6.07) is 9.52. The second-order valence-corrected chi connectivity index (χ2v) is 7.42. The lowest BCUT2D eigenvalue weighted by atomic mass is 9.80. The van der Waals surface area contributed by atoms with Crippen molar-refractivity contribution in [2.24, 2.45) is 0 Å². The van der Waals surface area contributed by atoms with E-state index in [9.17, 15) is 9.59 Å². The number of nitrogens with one attached hydrogen (secondary N) is 1. The summed E-state index contributed by atoms with van der Waals surface area (Å²) in [4.78, 5) is 34.4. The number of aromatic nitrogens is 4. The molecular weight excluding hydrogens is 422 g/mol. The standard InChI is InChI=1S/C24H23N5O4/c1-14-19(23(30)32-3)21(20(15(2)27-14)24(31)33-4)17-13-29(16-8-6-5-7-9-16)28-22(17)18-12-25-10-11-26-18/h5-13,21,27H,1-4H3. The Morgan fingerprint density at radius 3 is 2.15 bits per heavy atom. The fourth-order valence-corrected chi connectivity index (χ4v) is 4.00. The van der Waals surface area contributed by atoms with Crippen LogP contribution in [-0.4, -0.2) is 45.9 Å². The molecule has 0 aliphatic carbocycles. The second kappa shape index (κ2) is 9.07. The van der Waals surface area contributed by atoms with E-state index in [0.29, 0.717) is 39.5 Å². The molecule has 1 aromatic carbocycles. The molecule has 0 fully saturated rings. The van der Waals surface area contributed by atoms with E-state index < -0.39 is 17.9 Å². The molecule has 4 rings (SSSR count). The van der Waals surface area contributed by atoms with Gasteiger partial charge in [0.05, 0.1) is 43.2 Å². The number of allylic oxidation sites excluding steroid dienone is 2. The first-order valence-corrected chi connectivity index (χ1v) is 10.2. The number of rotatable bonds is 5. The zero-order valence-electron chi connectivity index (χ0n) is 18.7. The molecule has 0 spiro atoms. The molecule has 0 bridgehead atoms. The van der Waals surface area contributed by atoms with Crippen LogP contribution in [0.1, 0.15) is 25.3 Å². The van der Waals surface area contributed by atoms with Crippen LogP contribution < -0.4 is 5.32 Å². The van der Waals surface area contributed by atoms with Gasteiger partial charge in [0, 0.05) is 35.5 Å². The molecule has 1 aliphatic heterocycles. The second-order valence-electron chi connectivity index (χ2n) is 7.42. The quantitative estimate of drug-likeness (QED) is 0.597. The average Bonchev–Trinajstić information content (AvgIpc) is 3.29. The summed E-state index contributed by atoms with van der Waals surface area (Å²) in [5, 5.41) is 7.87. The van der Waals surface area contributed by atoms with Gasteiger partial charge in [-0.15, -0.1) is 0 Å². The highest BCUT2D eigenvalue weighted by molar-refractivity contribution is 6.00. The third-order valence-electron chi connectivity index (χ3n) is 5.45. The summed E-state index contributed by atoms with van der Waals surface area (Å²) in [5.41, 5.74) is 4.14. The van der Waals surface area contributed by atoms with Crippen LogP contribution in [0.2, 0.25) is 0 Å². The van der Waals surface area contributed by atoms with E-state index in [1.165, 1.54) is 14.2 Å². The van der Waals surface area contributed by atoms with Gasteiger partial charge in [-0.05, 0) is 26.0 Å². The van der Waals surface area contributed by atoms with Crippen molar-refractivity contribution in [3.8, 4) is 17.1 Å². The van der Waals surface area contributed by atoms with Crippen molar-refractivity contribution in [1.29, 1.82) is 0 Å². The molecule has 9 nitrogen and oxygen atoms in total. The number of para-hydroxylation sites is 1. The van der Waals surface area contributed by atoms with Crippen molar-refractivity contribution >= 4 is 11.9 Å². The number of hydrogen-bond acceptors (Lipinski definition) is 8. The first-order valence-electron chi connectivity index (χ1n) is 10.2. The van der Waals surface area contributed by atoms with Gasteiger partial charge in [0.15, 0.2) is 0 Å². The molecule has 3 heterocycles. The highest BCUT2D eigenvalue weighted by Gasteiger charge is 2.40. The third kappa shape index (κ3) is 4.00. The highest BCUT2D eigenvalue weighted by Crippen LogP contribution is 2.42. The smallest absolute Gasteiger partial charge is 0.336 e. The Morgan fingerprint density at radius 1 is 0.970 bits per heavy atom. The molecule has 0 unspecified atom stereocenters. The van der Waals surface area contributed by atoms with Gasteiger partial charge in [-0.25, -0.2) is 14.3 Å². The Kier molecular flexibility index (Phi) is 6.03. The molecule has 9 heteroatoms. The predicted octanol–water partition coefficient (Wildman–Crippen LogP) is 2.91. The molecule has 0 atom stereocenters. The van der Waals surface area contributed by atoms with Crippen LogP contribution in [0.4, 0.5) is 0 Å². The summed E-state index contributed by atoms with van der Waals surface area (Å²) in [7, 11) is 2.61. The van der Waals surface area contributed by atoms with Crippen LogP contribution in [0.5, 0.6) is 0 Å². The number of nitrogens with zero attached hydrogens (tertiary/aromatic N) is 4. The fourth-order valence-electron chi connectivity index (χ4n) is 4.00. The number of dihydropyridines is 1. The minimum Gasteiger partial charge on any atom is -0.466 e. The van der Waals surface area contributed by atoms with E-state index in [1.54, 1.807) is 43.3 Å². The summed E-state index contributed by atoms with van der Waals surface area (Å²) in [6.07, 6.45) is 6.51. The van der Waals surface area contributed by atoms with Gasteiger partial charge < -0.3 is 14.8 Å². The van der Waals surface area contributed by atoms with Crippen molar-refractivity contribution in [3.63, 3.8) is 0 Å². The van der Waals surface area contributed by atoms with Crippen molar-refractivity contribution in [1.82, 2.24) is 25.1 Å². The van der Waals surface area contributed by atoms with Crippen molar-refractivity contribution in [2.75, 3.05) is 14.2 Å². The minimum atomic E-state index is -0.791. The van der Waals surface area contributed by atoms with Gasteiger partial charge in [-0.1, -0.05) is 18.2 Å². The Labute approximate surface area is 190 Å². The lowest BCUT2D eigenvalue weighted by Gasteiger charge is -2.29. The van der Waals surface area contributed by atoms with E-state index in [1.807, 2.05) is 30.3 Å². The monoisotopic (exact) mass is 445 g/mol. The molecular formula is C24H23N5O4. The fraction of sp³-hybridized carbons (Fsp3) is 0.208. The first kappa shape index (κ1) is 21.9. The van der Waals surface area contributed by atoms with E-state index in [-0.39, 0.29) is 0 Å². The highest BCUT2D eigenvalue weighted by atomic mass is 16.5. The zero-order chi connectivity index (χ0) is 23.5. The molecule has 1 aliphatic rings. The Bertz CT molecular complexity index is 1220. The first-order chi connectivity index (χ1) is 16.0. The number of esters is 2. The number of hydrogen-bond donors (Lipinski definition) is 1. The van der Waals surface area contributed by atoms with Crippen LogP contribution in [0, 0.1) is 0 Å². The van der Waals surface area contributed by atoms with Crippen molar-refractivity contribution in [3.05, 3.63) is 83.2 Å². The van der Waals surface area contributed by atoms with Crippen LogP contribution in [0.3, 0.4) is 0 Å². The maximum Gasteiger partial charge on any atom is 0.336 e. The van der Waals surface area contributed by atoms with Crippen LogP contribution in [0.25, 0.3) is 17.1 Å². The van der Waals surface area contributed by atoms with Crippen LogP contribution in [0.15, 0.2) is 77.7 Å². The molecule has 0 amide bonds. The van der Waals surface area contributed by atoms with Gasteiger partial charge in [0.25, 0.3) is 0 Å². The van der Waals surface area contributed by atoms with Gasteiger partial charge in [0.2, 0.25) is 0 Å². The largest absolute Gasteiger partial charge is 0.466 e. The molecule has 0 radical (unpaired) electrons. The summed E-state index contributed by atoms with van der Waals surface area (Å²) in [6.45, 7) is 3.53. The van der Waals surface area contributed by atoms with Gasteiger partial charge in [0.1, 0.15) is 11.4 Å². The number of ether oxygens (including phenoxy) is 2. The molecule has 33 heavy (non-hydrogen) atoms. The van der Waals surface area contributed by atoms with Gasteiger partial charge in [-0.2, -0.15) is 5.10 Å². The van der Waals surface area contributed by atoms with E-state index in [4.69, 9.17) is 14.6 Å². The van der Waals surface area contributed by atoms with E-state index in [0.717, 1.165) is 5.69 Å². The molecule has 0 saturated heterocycles. The summed E-state index contributed by atoms with van der Waals surface area (Å²) in [5.74, 6) is -1.91. The lowest BCUT2D eigenvalue weighted by Crippen LogP contribution is -2.32. The predicted molar refractivity (Wildman–Crippen MR) is 120 cm³/mol. The van der Waals surface area contributed by atoms with Crippen LogP contribution in [-0.2, 0) is 19.1 Å². The topological polar surface area (TPSA) is 108 Å². The summed E-state index contributed by atoms with van der Waals surface area (Å²) >= 11 is 0. The minimum absolute atomic E-state index is 0.293. The Balaban J connectivity index is 2.02. The lowest BCUT2D eigenvalue weighted by molar-refractivity contribution is -0.137. The molecule has 0 saturated carbocycles. The number of carbonyl (C=O) groups excluding carboxylic acids is 2. The molecule has 1 N–H and O–H groups in total. The number of benzene rings is 1. The van der Waals surface area contributed by atoms with Crippen molar-refractivity contribution in [2.45, 2.75) is 19.8 Å². The van der Waals surface area contributed by atoms with Gasteiger partial charge >= 0.3 is 11.9 Å². The average molecular weight is 445 g/mol. The Morgan fingerprint density at radius 2 is 1.61 bits per heavy atom. The van der Waals surface area contributed by atoms with E-state index >= 15 is 0 Å². The number of methoxy groups -OCH3 is 2.